The third-order valence-corrected chi connectivity index (χ3v) is 6.81. The van der Waals surface area contributed by atoms with E-state index >= 15 is 0 Å². The highest BCUT2D eigenvalue weighted by atomic mass is 16.5. The lowest BCUT2D eigenvalue weighted by atomic mass is 9.77. The van der Waals surface area contributed by atoms with E-state index in [4.69, 9.17) is 4.74 Å². The highest BCUT2D eigenvalue weighted by molar-refractivity contribution is 5.64. The molecule has 0 aromatic heterocycles. The summed E-state index contributed by atoms with van der Waals surface area (Å²) in [6.07, 6.45) is 0. The van der Waals surface area contributed by atoms with Crippen molar-refractivity contribution in [1.29, 1.82) is 0 Å². The molecule has 1 unspecified atom stereocenters. The average Bonchev–Trinajstić information content (AvgIpc) is 2.80. The van der Waals surface area contributed by atoms with Crippen LogP contribution < -0.4 is 0 Å². The second kappa shape index (κ2) is 9.56. The first-order valence-electron chi connectivity index (χ1n) is 12.4. The average molecular weight is 458 g/mol. The SMILES string of the molecule is CC(C)(C)c1cc(C(c2ccc(-c3ccccc3)cc2)N2CCOCC2)cc(C(C)(C)C)c1O. The maximum atomic E-state index is 11.3. The van der Waals surface area contributed by atoms with Gasteiger partial charge >= 0.3 is 0 Å². The highest BCUT2D eigenvalue weighted by Crippen LogP contribution is 2.43. The highest BCUT2D eigenvalue weighted by Gasteiger charge is 2.31. The number of phenolic OH excluding ortho intramolecular Hbond substituents is 1. The summed E-state index contributed by atoms with van der Waals surface area (Å²) in [4.78, 5) is 2.52. The Labute approximate surface area is 205 Å². The summed E-state index contributed by atoms with van der Waals surface area (Å²) in [5.74, 6) is 0.434. The van der Waals surface area contributed by atoms with Gasteiger partial charge < -0.3 is 9.84 Å². The molecular weight excluding hydrogens is 418 g/mol. The molecule has 180 valence electrons. The van der Waals surface area contributed by atoms with Gasteiger partial charge in [-0.15, -0.1) is 0 Å². The normalized spacial score (nSPS) is 16.4. The minimum Gasteiger partial charge on any atom is -0.507 e. The van der Waals surface area contributed by atoms with E-state index in [1.54, 1.807) is 0 Å². The number of morpholine rings is 1. The Balaban J connectivity index is 1.85. The zero-order valence-electron chi connectivity index (χ0n) is 21.6. The van der Waals surface area contributed by atoms with Crippen molar-refractivity contribution in [3.63, 3.8) is 0 Å². The molecule has 1 heterocycles. The Bertz CT molecular complexity index is 1060. The summed E-state index contributed by atoms with van der Waals surface area (Å²) in [7, 11) is 0. The Hall–Kier alpha value is -2.62. The fourth-order valence-corrected chi connectivity index (χ4v) is 4.90. The summed E-state index contributed by atoms with van der Waals surface area (Å²) >= 11 is 0. The van der Waals surface area contributed by atoms with Gasteiger partial charge in [-0.05, 0) is 56.3 Å². The smallest absolute Gasteiger partial charge is 0.123 e. The molecule has 1 atom stereocenters. The molecule has 3 heteroatoms. The number of ether oxygens (including phenoxy) is 1. The first-order valence-corrected chi connectivity index (χ1v) is 12.4. The molecule has 0 radical (unpaired) electrons. The van der Waals surface area contributed by atoms with E-state index in [1.807, 2.05) is 0 Å². The predicted octanol–water partition coefficient (Wildman–Crippen LogP) is 7.08. The van der Waals surface area contributed by atoms with Crippen LogP contribution in [-0.4, -0.2) is 36.3 Å². The van der Waals surface area contributed by atoms with Crippen LogP contribution in [0.1, 0.15) is 69.8 Å². The van der Waals surface area contributed by atoms with Gasteiger partial charge in [-0.2, -0.15) is 0 Å². The van der Waals surface area contributed by atoms with Crippen molar-refractivity contribution in [2.24, 2.45) is 0 Å². The third kappa shape index (κ3) is 5.21. The molecule has 1 aliphatic heterocycles. The quantitative estimate of drug-likeness (QED) is 0.454. The molecule has 3 nitrogen and oxygen atoms in total. The molecule has 1 N–H and O–H groups in total. The topological polar surface area (TPSA) is 32.7 Å². The van der Waals surface area contributed by atoms with E-state index in [0.29, 0.717) is 5.75 Å². The Morgan fingerprint density at radius 1 is 0.706 bits per heavy atom. The van der Waals surface area contributed by atoms with Gasteiger partial charge in [-0.25, -0.2) is 0 Å². The van der Waals surface area contributed by atoms with Crippen molar-refractivity contribution in [3.8, 4) is 16.9 Å². The lowest BCUT2D eigenvalue weighted by molar-refractivity contribution is 0.0239. The monoisotopic (exact) mass is 457 g/mol. The zero-order valence-corrected chi connectivity index (χ0v) is 21.6. The number of hydrogen-bond acceptors (Lipinski definition) is 3. The van der Waals surface area contributed by atoms with Crippen molar-refractivity contribution in [3.05, 3.63) is 89.0 Å². The lowest BCUT2D eigenvalue weighted by Gasteiger charge is -2.37. The number of rotatable bonds is 4. The molecule has 0 spiro atoms. The van der Waals surface area contributed by atoms with Crippen molar-refractivity contribution >= 4 is 0 Å². The van der Waals surface area contributed by atoms with Gasteiger partial charge in [-0.3, -0.25) is 4.90 Å². The molecule has 3 aromatic carbocycles. The second-order valence-electron chi connectivity index (χ2n) is 11.5. The molecular formula is C31H39NO2. The number of phenols is 1. The van der Waals surface area contributed by atoms with Gasteiger partial charge in [0.05, 0.1) is 19.3 Å². The summed E-state index contributed by atoms with van der Waals surface area (Å²) < 4.78 is 5.69. The van der Waals surface area contributed by atoms with E-state index in [-0.39, 0.29) is 16.9 Å². The fraction of sp³-hybridized carbons (Fsp3) is 0.419. The fourth-order valence-electron chi connectivity index (χ4n) is 4.90. The first-order chi connectivity index (χ1) is 16.1. The van der Waals surface area contributed by atoms with Crippen LogP contribution in [0.25, 0.3) is 11.1 Å². The van der Waals surface area contributed by atoms with E-state index in [9.17, 15) is 5.11 Å². The molecule has 0 saturated carbocycles. The Kier molecular flexibility index (Phi) is 6.89. The summed E-state index contributed by atoms with van der Waals surface area (Å²) in [6, 6.07) is 24.1. The van der Waals surface area contributed by atoms with E-state index in [0.717, 1.165) is 37.4 Å². The molecule has 0 amide bonds. The van der Waals surface area contributed by atoms with Crippen molar-refractivity contribution in [2.45, 2.75) is 58.4 Å². The van der Waals surface area contributed by atoms with Crippen LogP contribution in [-0.2, 0) is 15.6 Å². The summed E-state index contributed by atoms with van der Waals surface area (Å²) in [5.41, 5.74) is 6.66. The van der Waals surface area contributed by atoms with Crippen LogP contribution in [0.2, 0.25) is 0 Å². The van der Waals surface area contributed by atoms with Crippen molar-refractivity contribution in [1.82, 2.24) is 4.90 Å². The molecule has 0 bridgehead atoms. The van der Waals surface area contributed by atoms with Gasteiger partial charge in [0.1, 0.15) is 5.75 Å². The molecule has 1 aliphatic rings. The van der Waals surface area contributed by atoms with Crippen LogP contribution in [0.5, 0.6) is 5.75 Å². The van der Waals surface area contributed by atoms with E-state index in [2.05, 4.69) is 113 Å². The molecule has 0 aliphatic carbocycles. The minimum absolute atomic E-state index is 0.108. The standard InChI is InChI=1S/C31H39NO2/c1-30(2,3)26-20-25(21-27(29(26)33)31(4,5)6)28(32-16-18-34-19-17-32)24-14-12-23(13-15-24)22-10-8-7-9-11-22/h7-15,20-21,28,33H,16-19H2,1-6H3. The maximum Gasteiger partial charge on any atom is 0.123 e. The van der Waals surface area contributed by atoms with E-state index < -0.39 is 0 Å². The molecule has 4 rings (SSSR count). The van der Waals surface area contributed by atoms with Crippen LogP contribution in [0.15, 0.2) is 66.7 Å². The van der Waals surface area contributed by atoms with Crippen molar-refractivity contribution in [2.75, 3.05) is 26.3 Å². The number of aromatic hydroxyl groups is 1. The number of hydrogen-bond donors (Lipinski definition) is 1. The zero-order chi connectivity index (χ0) is 24.5. The third-order valence-electron chi connectivity index (χ3n) is 6.81. The second-order valence-corrected chi connectivity index (χ2v) is 11.5. The summed E-state index contributed by atoms with van der Waals surface area (Å²) in [5, 5.41) is 11.3. The number of nitrogens with zero attached hydrogens (tertiary/aromatic N) is 1. The van der Waals surface area contributed by atoms with Gasteiger partial charge in [0.2, 0.25) is 0 Å². The van der Waals surface area contributed by atoms with Crippen LogP contribution in [0, 0.1) is 0 Å². The van der Waals surface area contributed by atoms with Crippen molar-refractivity contribution < 1.29 is 9.84 Å². The molecule has 1 fully saturated rings. The largest absolute Gasteiger partial charge is 0.507 e. The van der Waals surface area contributed by atoms with Gasteiger partial charge in [-0.1, -0.05) is 96.1 Å². The minimum atomic E-state index is -0.160. The predicted molar refractivity (Wildman–Crippen MR) is 142 cm³/mol. The molecule has 34 heavy (non-hydrogen) atoms. The molecule has 1 saturated heterocycles. The lowest BCUT2D eigenvalue weighted by Crippen LogP contribution is -2.39. The van der Waals surface area contributed by atoms with Crippen LogP contribution in [0.3, 0.4) is 0 Å². The molecule has 3 aromatic rings. The van der Waals surface area contributed by atoms with Crippen LogP contribution >= 0.6 is 0 Å². The van der Waals surface area contributed by atoms with Gasteiger partial charge in [0.25, 0.3) is 0 Å². The maximum absolute atomic E-state index is 11.3. The van der Waals surface area contributed by atoms with E-state index in [1.165, 1.54) is 22.3 Å². The van der Waals surface area contributed by atoms with Crippen LogP contribution in [0.4, 0.5) is 0 Å². The van der Waals surface area contributed by atoms with Gasteiger partial charge in [0, 0.05) is 13.1 Å². The Morgan fingerprint density at radius 2 is 1.21 bits per heavy atom. The first kappa shape index (κ1) is 24.5. The Morgan fingerprint density at radius 3 is 1.71 bits per heavy atom. The van der Waals surface area contributed by atoms with Gasteiger partial charge in [0.15, 0.2) is 0 Å². The number of benzene rings is 3. The summed E-state index contributed by atoms with van der Waals surface area (Å²) in [6.45, 7) is 16.3.